The van der Waals surface area contributed by atoms with E-state index in [4.69, 9.17) is 22.2 Å². The molecule has 0 aromatic heterocycles. The number of oxime groups is 1. The fraction of sp³-hybridized carbons (Fsp3) is 0.657. The number of amides is 3. The predicted octanol–water partition coefficient (Wildman–Crippen LogP) is 5.26. The third-order valence-corrected chi connectivity index (χ3v) is 10.0. The van der Waals surface area contributed by atoms with Gasteiger partial charge in [-0.3, -0.25) is 24.0 Å². The largest absolute Gasteiger partial charge is 0.387 e. The smallest absolute Gasteiger partial charge is 0.285 e. The summed E-state index contributed by atoms with van der Waals surface area (Å²) in [4.78, 5) is 73.6. The van der Waals surface area contributed by atoms with E-state index in [0.29, 0.717) is 24.1 Å². The lowest BCUT2D eigenvalue weighted by atomic mass is 9.84. The van der Waals surface area contributed by atoms with E-state index in [-0.39, 0.29) is 49.1 Å². The Morgan fingerprint density at radius 1 is 1.15 bits per heavy atom. The van der Waals surface area contributed by atoms with Gasteiger partial charge < -0.3 is 20.8 Å². The molecule has 3 aliphatic rings. The second kappa shape index (κ2) is 15.3. The summed E-state index contributed by atoms with van der Waals surface area (Å²) in [6.07, 6.45) is 7.67. The van der Waals surface area contributed by atoms with E-state index in [1.165, 1.54) is 35.9 Å². The highest BCUT2D eigenvalue weighted by atomic mass is 35.5. The number of primary amides is 1. The molecule has 2 aliphatic heterocycles. The average Bonchev–Trinajstić information content (AvgIpc) is 3.50. The number of benzene rings is 1. The van der Waals surface area contributed by atoms with Gasteiger partial charge in [0.15, 0.2) is 11.4 Å². The second-order valence-corrected chi connectivity index (χ2v) is 15.0. The van der Waals surface area contributed by atoms with E-state index >= 15 is 0 Å². The van der Waals surface area contributed by atoms with Crippen LogP contribution < -0.4 is 11.1 Å². The van der Waals surface area contributed by atoms with Crippen LogP contribution >= 0.6 is 11.6 Å². The summed E-state index contributed by atoms with van der Waals surface area (Å²) in [6.45, 7) is 7.41. The van der Waals surface area contributed by atoms with Gasteiger partial charge in [0.05, 0.1) is 23.3 Å². The maximum absolute atomic E-state index is 14.5. The van der Waals surface area contributed by atoms with Crippen LogP contribution in [0.3, 0.4) is 0 Å². The lowest BCUT2D eigenvalue weighted by molar-refractivity contribution is -0.145. The number of carbonyl (C=O) groups excluding carboxylic acids is 5. The monoisotopic (exact) mass is 674 g/mol. The Labute approximate surface area is 281 Å². The number of halogens is 2. The molecule has 258 valence electrons. The van der Waals surface area contributed by atoms with Crippen molar-refractivity contribution in [2.75, 3.05) is 6.54 Å². The molecule has 0 unspecified atom stereocenters. The van der Waals surface area contributed by atoms with Crippen molar-refractivity contribution < 1.29 is 33.2 Å². The average molecular weight is 675 g/mol. The van der Waals surface area contributed by atoms with Gasteiger partial charge in [-0.05, 0) is 42.7 Å². The van der Waals surface area contributed by atoms with Crippen molar-refractivity contribution in [3.8, 4) is 0 Å². The van der Waals surface area contributed by atoms with Crippen molar-refractivity contribution in [3.05, 3.63) is 34.6 Å². The minimum Gasteiger partial charge on any atom is -0.387 e. The fourth-order valence-corrected chi connectivity index (χ4v) is 7.31. The molecule has 12 heteroatoms. The summed E-state index contributed by atoms with van der Waals surface area (Å²) in [5.74, 6) is -4.18. The quantitative estimate of drug-likeness (QED) is 0.228. The van der Waals surface area contributed by atoms with E-state index in [1.807, 2.05) is 27.7 Å². The third-order valence-electron chi connectivity index (χ3n) is 9.71. The van der Waals surface area contributed by atoms with Gasteiger partial charge in [0.1, 0.15) is 11.9 Å². The summed E-state index contributed by atoms with van der Waals surface area (Å²) in [5, 5.41) is 7.19. The van der Waals surface area contributed by atoms with Gasteiger partial charge in [0, 0.05) is 37.2 Å². The summed E-state index contributed by atoms with van der Waals surface area (Å²) in [6, 6.07) is 2.27. The molecule has 47 heavy (non-hydrogen) atoms. The molecule has 1 saturated carbocycles. The molecule has 0 radical (unpaired) electrons. The maximum atomic E-state index is 14.5. The topological polar surface area (TPSA) is 148 Å². The zero-order valence-corrected chi connectivity index (χ0v) is 28.7. The van der Waals surface area contributed by atoms with E-state index in [0.717, 1.165) is 25.7 Å². The van der Waals surface area contributed by atoms with Gasteiger partial charge in [-0.2, -0.15) is 0 Å². The Hall–Kier alpha value is -3.34. The molecule has 10 nitrogen and oxygen atoms in total. The highest BCUT2D eigenvalue weighted by Crippen LogP contribution is 2.41. The SMILES string of the molecule is CCC[C@H](CC(=O)[C@@H]1C[C@]2(CC(c3ccc(F)c(Cl)c3)=NO2)CN1C(=O)[C@@H](NC(=O)CC1CCCCCC1)C(C)(C)C)C(=O)C(N)=O. The fourth-order valence-electron chi connectivity index (χ4n) is 7.13. The number of hydrogen-bond acceptors (Lipinski definition) is 7. The molecule has 1 saturated heterocycles. The Bertz CT molecular complexity index is 1400. The van der Waals surface area contributed by atoms with Crippen LogP contribution in [0, 0.1) is 23.1 Å². The number of nitrogens with zero attached hydrogens (tertiary/aromatic N) is 2. The van der Waals surface area contributed by atoms with E-state index < -0.39 is 58.2 Å². The van der Waals surface area contributed by atoms with Crippen molar-refractivity contribution in [2.24, 2.45) is 28.1 Å². The number of hydrogen-bond donors (Lipinski definition) is 2. The minimum absolute atomic E-state index is 0.00253. The van der Waals surface area contributed by atoms with Crippen LogP contribution in [0.2, 0.25) is 5.02 Å². The first-order valence-corrected chi connectivity index (χ1v) is 17.2. The van der Waals surface area contributed by atoms with E-state index in [1.54, 1.807) is 0 Å². The van der Waals surface area contributed by atoms with Gasteiger partial charge in [-0.15, -0.1) is 0 Å². The van der Waals surface area contributed by atoms with Crippen LogP contribution in [-0.4, -0.2) is 64.1 Å². The first kappa shape index (κ1) is 36.5. The van der Waals surface area contributed by atoms with Crippen LogP contribution in [0.1, 0.15) is 110 Å². The number of nitrogens with two attached hydrogens (primary N) is 1. The summed E-state index contributed by atoms with van der Waals surface area (Å²) >= 11 is 6.02. The van der Waals surface area contributed by atoms with Crippen molar-refractivity contribution in [2.45, 2.75) is 122 Å². The highest BCUT2D eigenvalue weighted by molar-refractivity contribution is 6.36. The summed E-state index contributed by atoms with van der Waals surface area (Å²) < 4.78 is 13.9. The standard InChI is InChI=1S/C35H48ClFN4O6/c1-5-10-23(30(44)32(38)45)17-28(42)27-19-35(18-26(40-47-35)22-13-14-25(37)24(36)16-22)20-41(27)33(46)31(34(2,3)4)39-29(43)15-21-11-8-6-7-9-12-21/h13-14,16,21,23,27,31H,5-12,15,17-20H2,1-4H3,(H2,38,45)(H,39,43)/t23-,27+,31-,35-/m1/s1. The Morgan fingerprint density at radius 2 is 1.83 bits per heavy atom. The molecular weight excluding hydrogens is 627 g/mol. The van der Waals surface area contributed by atoms with Crippen LogP contribution in [0.25, 0.3) is 0 Å². The molecule has 2 fully saturated rings. The molecule has 4 atom stereocenters. The molecule has 4 rings (SSSR count). The predicted molar refractivity (Wildman–Crippen MR) is 176 cm³/mol. The Kier molecular flexibility index (Phi) is 11.8. The third kappa shape index (κ3) is 8.97. The molecule has 0 bridgehead atoms. The number of carbonyl (C=O) groups is 5. The van der Waals surface area contributed by atoms with Crippen molar-refractivity contribution in [3.63, 3.8) is 0 Å². The minimum atomic E-state index is -1.11. The van der Waals surface area contributed by atoms with Crippen LogP contribution in [0.15, 0.2) is 23.4 Å². The second-order valence-electron chi connectivity index (χ2n) is 14.6. The van der Waals surface area contributed by atoms with Gasteiger partial charge in [-0.25, -0.2) is 4.39 Å². The first-order valence-electron chi connectivity index (χ1n) is 16.8. The Morgan fingerprint density at radius 3 is 2.43 bits per heavy atom. The zero-order valence-electron chi connectivity index (χ0n) is 27.9. The van der Waals surface area contributed by atoms with Crippen LogP contribution in [0.4, 0.5) is 4.39 Å². The van der Waals surface area contributed by atoms with E-state index in [2.05, 4.69) is 10.5 Å². The number of nitrogens with one attached hydrogen (secondary N) is 1. The molecule has 1 aromatic rings. The van der Waals surface area contributed by atoms with Crippen molar-refractivity contribution in [1.29, 1.82) is 0 Å². The first-order chi connectivity index (χ1) is 22.1. The van der Waals surface area contributed by atoms with Gasteiger partial charge in [0.2, 0.25) is 17.6 Å². The van der Waals surface area contributed by atoms with Crippen LogP contribution in [-0.2, 0) is 28.8 Å². The van der Waals surface area contributed by atoms with E-state index in [9.17, 15) is 28.4 Å². The lowest BCUT2D eigenvalue weighted by Gasteiger charge is -2.36. The molecular formula is C35H48ClFN4O6. The highest BCUT2D eigenvalue weighted by Gasteiger charge is 2.55. The Balaban J connectivity index is 1.60. The molecule has 1 spiro atoms. The van der Waals surface area contributed by atoms with Crippen molar-refractivity contribution >= 4 is 46.6 Å². The number of likely N-dealkylation sites (tertiary alicyclic amines) is 1. The number of ketones is 2. The molecule has 3 amide bonds. The molecule has 2 heterocycles. The molecule has 1 aliphatic carbocycles. The van der Waals surface area contributed by atoms with Crippen LogP contribution in [0.5, 0.6) is 0 Å². The van der Waals surface area contributed by atoms with Crippen molar-refractivity contribution in [1.82, 2.24) is 10.2 Å². The summed E-state index contributed by atoms with van der Waals surface area (Å²) in [7, 11) is 0. The number of rotatable bonds is 12. The lowest BCUT2D eigenvalue weighted by Crippen LogP contribution is -2.57. The number of Topliss-reactive ketones (excluding diaryl/α,β-unsaturated/α-hetero) is 2. The summed E-state index contributed by atoms with van der Waals surface area (Å²) in [5.41, 5.74) is 4.56. The normalized spacial score (nSPS) is 23.1. The van der Waals surface area contributed by atoms with Gasteiger partial charge in [-0.1, -0.05) is 82.6 Å². The zero-order chi connectivity index (χ0) is 34.5. The maximum Gasteiger partial charge on any atom is 0.285 e. The molecule has 3 N–H and O–H groups in total. The van der Waals surface area contributed by atoms with Gasteiger partial charge in [0.25, 0.3) is 5.91 Å². The molecule has 1 aromatic carbocycles. The van der Waals surface area contributed by atoms with Gasteiger partial charge >= 0.3 is 0 Å².